The molecule has 1 aromatic heterocycles. The Labute approximate surface area is 77.2 Å². The predicted octanol–water partition coefficient (Wildman–Crippen LogP) is 1.71. The smallest absolute Gasteiger partial charge is 0.140 e. The van der Waals surface area contributed by atoms with Crippen molar-refractivity contribution in [2.24, 2.45) is 0 Å². The van der Waals surface area contributed by atoms with Crippen LogP contribution in [0, 0.1) is 0 Å². The number of aromatic amines is 1. The second-order valence-corrected chi connectivity index (χ2v) is 2.99. The van der Waals surface area contributed by atoms with Crippen LogP contribution in [0.4, 0.5) is 0 Å². The third-order valence-corrected chi connectivity index (χ3v) is 1.80. The number of hydrogen-bond donors (Lipinski definition) is 1. The van der Waals surface area contributed by atoms with E-state index < -0.39 is 0 Å². The number of H-pyrrole nitrogens is 1. The van der Waals surface area contributed by atoms with Gasteiger partial charge in [0.2, 0.25) is 0 Å². The van der Waals surface area contributed by atoms with Gasteiger partial charge in [-0.1, -0.05) is 0 Å². The lowest BCUT2D eigenvalue weighted by atomic mass is 9.98. The topological polar surface area (TPSA) is 49.9 Å². The molecule has 0 bridgehead atoms. The van der Waals surface area contributed by atoms with Crippen LogP contribution < -0.4 is 0 Å². The van der Waals surface area contributed by atoms with Crippen molar-refractivity contribution in [2.75, 3.05) is 0 Å². The third-order valence-electron chi connectivity index (χ3n) is 1.80. The normalized spacial score (nSPS) is 16.3. The van der Waals surface area contributed by atoms with Crippen LogP contribution >= 0.6 is 0 Å². The van der Waals surface area contributed by atoms with Crippen LogP contribution in [-0.2, 0) is 9.59 Å². The largest absolute Gasteiger partial charge is 0.368 e. The van der Waals surface area contributed by atoms with Gasteiger partial charge < -0.3 is 4.98 Å². The van der Waals surface area contributed by atoms with Crippen molar-refractivity contribution in [2.45, 2.75) is 25.7 Å². The molecule has 2 rings (SSSR count). The summed E-state index contributed by atoms with van der Waals surface area (Å²) < 4.78 is 0. The van der Waals surface area contributed by atoms with Crippen molar-refractivity contribution in [3.05, 3.63) is 24.5 Å². The number of aromatic nitrogens is 1. The van der Waals surface area contributed by atoms with Crippen molar-refractivity contribution in [1.29, 1.82) is 0 Å². The minimum atomic E-state index is 0.112. The van der Waals surface area contributed by atoms with Crippen molar-refractivity contribution >= 4 is 11.6 Å². The van der Waals surface area contributed by atoms with Gasteiger partial charge in [0, 0.05) is 25.2 Å². The first-order chi connectivity index (χ1) is 6.29. The summed E-state index contributed by atoms with van der Waals surface area (Å²) in [6.07, 6.45) is 5.95. The highest BCUT2D eigenvalue weighted by molar-refractivity contribution is 6.01. The standard InChI is InChI=1S/C6H8O2.C4H5N/c7-5-2-1-3-6(8)4-5;1-2-4-5-3-1/h1-4H2;1-5H. The van der Waals surface area contributed by atoms with Crippen LogP contribution in [0.25, 0.3) is 0 Å². The molecule has 0 saturated heterocycles. The van der Waals surface area contributed by atoms with E-state index in [1.807, 2.05) is 24.5 Å². The highest BCUT2D eigenvalue weighted by Crippen LogP contribution is 2.09. The van der Waals surface area contributed by atoms with Crippen LogP contribution in [0.15, 0.2) is 24.5 Å². The zero-order chi connectivity index (χ0) is 9.52. The second-order valence-electron chi connectivity index (χ2n) is 2.99. The molecular formula is C10H13NO2. The maximum Gasteiger partial charge on any atom is 0.140 e. The summed E-state index contributed by atoms with van der Waals surface area (Å²) in [7, 11) is 0. The Morgan fingerprint density at radius 3 is 1.77 bits per heavy atom. The molecule has 0 radical (unpaired) electrons. The summed E-state index contributed by atoms with van der Waals surface area (Å²) in [4.78, 5) is 23.8. The molecule has 0 atom stereocenters. The summed E-state index contributed by atoms with van der Waals surface area (Å²) in [5.74, 6) is 0.225. The molecule has 0 unspecified atom stereocenters. The van der Waals surface area contributed by atoms with E-state index in [0.717, 1.165) is 6.42 Å². The van der Waals surface area contributed by atoms with Crippen molar-refractivity contribution in [1.82, 2.24) is 4.98 Å². The maximum atomic E-state index is 10.5. The molecule has 1 fully saturated rings. The zero-order valence-corrected chi connectivity index (χ0v) is 7.45. The minimum Gasteiger partial charge on any atom is -0.368 e. The molecule has 3 heteroatoms. The Kier molecular flexibility index (Phi) is 3.96. The maximum absolute atomic E-state index is 10.5. The van der Waals surface area contributed by atoms with Gasteiger partial charge in [-0.05, 0) is 18.6 Å². The van der Waals surface area contributed by atoms with E-state index in [0.29, 0.717) is 12.8 Å². The molecule has 1 aliphatic carbocycles. The van der Waals surface area contributed by atoms with Gasteiger partial charge in [-0.2, -0.15) is 0 Å². The van der Waals surface area contributed by atoms with E-state index in [1.165, 1.54) is 0 Å². The highest BCUT2D eigenvalue weighted by atomic mass is 16.1. The van der Waals surface area contributed by atoms with Gasteiger partial charge in [0.25, 0.3) is 0 Å². The van der Waals surface area contributed by atoms with E-state index in [4.69, 9.17) is 0 Å². The SMILES string of the molecule is O=C1CCCC(=O)C1.c1cc[nH]c1. The van der Waals surface area contributed by atoms with Crippen molar-refractivity contribution < 1.29 is 9.59 Å². The molecule has 1 saturated carbocycles. The first-order valence-corrected chi connectivity index (χ1v) is 4.40. The molecule has 1 aromatic rings. The van der Waals surface area contributed by atoms with Gasteiger partial charge in [0.05, 0.1) is 6.42 Å². The molecule has 0 aromatic carbocycles. The van der Waals surface area contributed by atoms with Gasteiger partial charge in [0.15, 0.2) is 0 Å². The predicted molar refractivity (Wildman–Crippen MR) is 49.3 cm³/mol. The van der Waals surface area contributed by atoms with E-state index in [-0.39, 0.29) is 18.0 Å². The Bertz CT molecular complexity index is 233. The highest BCUT2D eigenvalue weighted by Gasteiger charge is 2.14. The fraction of sp³-hybridized carbons (Fsp3) is 0.400. The Morgan fingerprint density at radius 1 is 1.00 bits per heavy atom. The zero-order valence-electron chi connectivity index (χ0n) is 7.45. The van der Waals surface area contributed by atoms with Gasteiger partial charge >= 0.3 is 0 Å². The number of carbonyl (C=O) groups is 2. The number of hydrogen-bond acceptors (Lipinski definition) is 2. The van der Waals surface area contributed by atoms with E-state index in [2.05, 4.69) is 4.98 Å². The Morgan fingerprint density at radius 2 is 1.54 bits per heavy atom. The average molecular weight is 179 g/mol. The lowest BCUT2D eigenvalue weighted by Crippen LogP contribution is -2.13. The molecule has 13 heavy (non-hydrogen) atoms. The van der Waals surface area contributed by atoms with Gasteiger partial charge in [-0.3, -0.25) is 9.59 Å². The number of ketones is 2. The number of Topliss-reactive ketones (excluding diaryl/α,β-unsaturated/α-hetero) is 2. The van der Waals surface area contributed by atoms with Crippen molar-refractivity contribution in [3.63, 3.8) is 0 Å². The van der Waals surface area contributed by atoms with Crippen LogP contribution in [0.5, 0.6) is 0 Å². The minimum absolute atomic E-state index is 0.112. The fourth-order valence-electron chi connectivity index (χ4n) is 1.16. The van der Waals surface area contributed by atoms with Crippen LogP contribution in [0.1, 0.15) is 25.7 Å². The van der Waals surface area contributed by atoms with E-state index >= 15 is 0 Å². The van der Waals surface area contributed by atoms with Crippen LogP contribution in [-0.4, -0.2) is 16.6 Å². The second kappa shape index (κ2) is 5.30. The molecular weight excluding hydrogens is 166 g/mol. The summed E-state index contributed by atoms with van der Waals surface area (Å²) in [6, 6.07) is 3.89. The molecule has 1 aliphatic rings. The van der Waals surface area contributed by atoms with Gasteiger partial charge in [0.1, 0.15) is 11.6 Å². The third kappa shape index (κ3) is 4.25. The summed E-state index contributed by atoms with van der Waals surface area (Å²) in [5, 5.41) is 0. The molecule has 1 N–H and O–H groups in total. The van der Waals surface area contributed by atoms with E-state index in [9.17, 15) is 9.59 Å². The Hall–Kier alpha value is -1.38. The molecule has 0 amide bonds. The first kappa shape index (κ1) is 9.71. The lowest BCUT2D eigenvalue weighted by molar-refractivity contribution is -0.129. The summed E-state index contributed by atoms with van der Waals surface area (Å²) >= 11 is 0. The number of rotatable bonds is 0. The van der Waals surface area contributed by atoms with Crippen LogP contribution in [0.2, 0.25) is 0 Å². The molecule has 3 nitrogen and oxygen atoms in total. The monoisotopic (exact) mass is 179 g/mol. The average Bonchev–Trinajstić information content (AvgIpc) is 2.59. The number of carbonyl (C=O) groups excluding carboxylic acids is 2. The Balaban J connectivity index is 0.000000145. The number of nitrogens with one attached hydrogen (secondary N) is 1. The van der Waals surface area contributed by atoms with E-state index in [1.54, 1.807) is 0 Å². The quantitative estimate of drug-likeness (QED) is 0.616. The summed E-state index contributed by atoms with van der Waals surface area (Å²) in [5.41, 5.74) is 0. The molecule has 1 heterocycles. The van der Waals surface area contributed by atoms with Crippen molar-refractivity contribution in [3.8, 4) is 0 Å². The lowest BCUT2D eigenvalue weighted by Gasteiger charge is -2.04. The molecule has 0 spiro atoms. The first-order valence-electron chi connectivity index (χ1n) is 4.40. The summed E-state index contributed by atoms with van der Waals surface area (Å²) in [6.45, 7) is 0. The fourth-order valence-corrected chi connectivity index (χ4v) is 1.16. The molecule has 70 valence electrons. The molecule has 0 aliphatic heterocycles. The van der Waals surface area contributed by atoms with Crippen LogP contribution in [0.3, 0.4) is 0 Å². The van der Waals surface area contributed by atoms with Gasteiger partial charge in [-0.15, -0.1) is 0 Å². The van der Waals surface area contributed by atoms with Gasteiger partial charge in [-0.25, -0.2) is 0 Å².